The molecule has 2 fully saturated rings. The zero-order valence-electron chi connectivity index (χ0n) is 19.6. The molecule has 8 nitrogen and oxygen atoms in total. The summed E-state index contributed by atoms with van der Waals surface area (Å²) in [6.07, 6.45) is 1.82. The Morgan fingerprint density at radius 3 is 2.59 bits per heavy atom. The topological polar surface area (TPSA) is 96.3 Å². The molecular weight excluding hydrogens is 450 g/mol. The quantitative estimate of drug-likeness (QED) is 0.521. The van der Waals surface area contributed by atoms with Crippen LogP contribution < -0.4 is 10.6 Å². The Kier molecular flexibility index (Phi) is 5.31. The van der Waals surface area contributed by atoms with Gasteiger partial charge in [-0.1, -0.05) is 17.7 Å². The number of thiazole rings is 1. The van der Waals surface area contributed by atoms with Crippen molar-refractivity contribution in [1.82, 2.24) is 19.8 Å². The number of nitrogens with zero attached hydrogens (tertiary/aromatic N) is 3. The van der Waals surface area contributed by atoms with E-state index in [4.69, 9.17) is 0 Å². The van der Waals surface area contributed by atoms with Crippen LogP contribution in [-0.4, -0.2) is 44.4 Å². The van der Waals surface area contributed by atoms with Crippen molar-refractivity contribution in [3.05, 3.63) is 52.7 Å². The number of rotatable bonds is 6. The summed E-state index contributed by atoms with van der Waals surface area (Å²) in [6, 6.07) is 9.93. The minimum atomic E-state index is -0.897. The average Bonchev–Trinajstić information content (AvgIpc) is 3.44. The van der Waals surface area contributed by atoms with Crippen LogP contribution in [0.1, 0.15) is 36.7 Å². The van der Waals surface area contributed by atoms with Crippen LogP contribution in [0.5, 0.6) is 0 Å². The van der Waals surface area contributed by atoms with Crippen LogP contribution in [0, 0.1) is 26.7 Å². The lowest BCUT2D eigenvalue weighted by Gasteiger charge is -2.20. The molecule has 1 atom stereocenters. The zero-order chi connectivity index (χ0) is 24.2. The Balaban J connectivity index is 1.30. The fraction of sp³-hybridized carbons (Fsp3) is 0.360. The van der Waals surface area contributed by atoms with Gasteiger partial charge in [-0.3, -0.25) is 14.5 Å². The molecule has 2 aromatic heterocycles. The highest BCUT2D eigenvalue weighted by atomic mass is 32.1. The van der Waals surface area contributed by atoms with Crippen molar-refractivity contribution in [1.29, 1.82) is 0 Å². The summed E-state index contributed by atoms with van der Waals surface area (Å²) < 4.78 is 2.18. The van der Waals surface area contributed by atoms with Crippen molar-refractivity contribution in [3.63, 3.8) is 0 Å². The van der Waals surface area contributed by atoms with Crippen molar-refractivity contribution in [2.24, 2.45) is 5.92 Å². The smallest absolute Gasteiger partial charge is 0.323 e. The summed E-state index contributed by atoms with van der Waals surface area (Å²) in [4.78, 5) is 43.3. The van der Waals surface area contributed by atoms with Crippen LogP contribution in [0.4, 0.5) is 9.93 Å². The number of hydrogen-bond donors (Lipinski definition) is 2. The van der Waals surface area contributed by atoms with E-state index in [1.807, 2.05) is 12.3 Å². The Bertz CT molecular complexity index is 1300. The highest BCUT2D eigenvalue weighted by Crippen LogP contribution is 2.42. The van der Waals surface area contributed by atoms with Gasteiger partial charge in [0.25, 0.3) is 5.91 Å². The summed E-state index contributed by atoms with van der Waals surface area (Å²) in [5.41, 5.74) is 5.30. The number of imide groups is 1. The lowest BCUT2D eigenvalue weighted by molar-refractivity contribution is -0.134. The molecule has 2 N–H and O–H groups in total. The standard InChI is InChI=1S/C25H27N5O3S/c1-14-5-9-18(10-6-14)30-15(2)11-19(16(30)3)20-13-34-23(26-20)27-21(31)12-29-22(32)25(4,17-7-8-17)28-24(29)33/h5-6,9-11,13,17H,7-8,12H2,1-4H3,(H,28,33)(H,26,27,31). The van der Waals surface area contributed by atoms with Gasteiger partial charge in [0, 0.05) is 28.0 Å². The molecular formula is C25H27N5O3S. The number of aryl methyl sites for hydroxylation is 2. The zero-order valence-corrected chi connectivity index (χ0v) is 20.5. The molecule has 0 spiro atoms. The lowest BCUT2D eigenvalue weighted by Crippen LogP contribution is -2.46. The van der Waals surface area contributed by atoms with Gasteiger partial charge in [-0.05, 0) is 64.7 Å². The Hall–Kier alpha value is -3.46. The van der Waals surface area contributed by atoms with Gasteiger partial charge in [-0.15, -0.1) is 11.3 Å². The second-order valence-electron chi connectivity index (χ2n) is 9.34. The highest BCUT2D eigenvalue weighted by Gasteiger charge is 2.56. The Labute approximate surface area is 202 Å². The summed E-state index contributed by atoms with van der Waals surface area (Å²) in [5, 5.41) is 7.82. The van der Waals surface area contributed by atoms with Gasteiger partial charge in [-0.25, -0.2) is 9.78 Å². The van der Waals surface area contributed by atoms with E-state index in [-0.39, 0.29) is 18.4 Å². The number of anilines is 1. The third-order valence-electron chi connectivity index (χ3n) is 6.75. The lowest BCUT2D eigenvalue weighted by atomic mass is 9.96. The second kappa shape index (κ2) is 8.09. The Morgan fingerprint density at radius 2 is 1.91 bits per heavy atom. The average molecular weight is 478 g/mol. The maximum Gasteiger partial charge on any atom is 0.325 e. The predicted octanol–water partition coefficient (Wildman–Crippen LogP) is 4.19. The molecule has 3 heterocycles. The minimum absolute atomic E-state index is 0.150. The number of urea groups is 1. The van der Waals surface area contributed by atoms with Crippen molar-refractivity contribution in [2.45, 2.75) is 46.1 Å². The first-order valence-corrected chi connectivity index (χ1v) is 12.2. The molecule has 1 aromatic carbocycles. The van der Waals surface area contributed by atoms with Gasteiger partial charge in [-0.2, -0.15) is 0 Å². The van der Waals surface area contributed by atoms with E-state index in [0.29, 0.717) is 5.13 Å². The Morgan fingerprint density at radius 1 is 1.21 bits per heavy atom. The summed E-state index contributed by atoms with van der Waals surface area (Å²) in [6.45, 7) is 7.58. The number of benzene rings is 1. The number of aromatic nitrogens is 2. The van der Waals surface area contributed by atoms with Crippen LogP contribution in [0.2, 0.25) is 0 Å². The molecule has 4 amide bonds. The molecule has 5 rings (SSSR count). The SMILES string of the molecule is Cc1ccc(-n2c(C)cc(-c3csc(NC(=O)CN4C(=O)NC(C)(C5CC5)C4=O)n3)c2C)cc1. The summed E-state index contributed by atoms with van der Waals surface area (Å²) in [5.74, 6) is -0.634. The van der Waals surface area contributed by atoms with Crippen LogP contribution in [0.15, 0.2) is 35.7 Å². The van der Waals surface area contributed by atoms with Gasteiger partial charge in [0.15, 0.2) is 5.13 Å². The summed E-state index contributed by atoms with van der Waals surface area (Å²) >= 11 is 1.31. The molecule has 0 radical (unpaired) electrons. The van der Waals surface area contributed by atoms with E-state index in [0.717, 1.165) is 46.1 Å². The normalized spacial score (nSPS) is 20.1. The molecule has 1 saturated heterocycles. The molecule has 34 heavy (non-hydrogen) atoms. The fourth-order valence-corrected chi connectivity index (χ4v) is 5.39. The van der Waals surface area contributed by atoms with Gasteiger partial charge >= 0.3 is 6.03 Å². The number of carbonyl (C=O) groups is 3. The first-order valence-electron chi connectivity index (χ1n) is 11.3. The molecule has 1 aliphatic heterocycles. The highest BCUT2D eigenvalue weighted by molar-refractivity contribution is 7.14. The van der Waals surface area contributed by atoms with Gasteiger partial charge < -0.3 is 15.2 Å². The molecule has 0 bridgehead atoms. The molecule has 1 saturated carbocycles. The third-order valence-corrected chi connectivity index (χ3v) is 7.50. The van der Waals surface area contributed by atoms with Crippen LogP contribution in [-0.2, 0) is 9.59 Å². The molecule has 1 unspecified atom stereocenters. The third kappa shape index (κ3) is 3.79. The van der Waals surface area contributed by atoms with E-state index < -0.39 is 17.5 Å². The molecule has 9 heteroatoms. The van der Waals surface area contributed by atoms with E-state index in [1.165, 1.54) is 16.9 Å². The largest absolute Gasteiger partial charge is 0.325 e. The molecule has 3 aromatic rings. The first kappa shape index (κ1) is 22.3. The molecule has 176 valence electrons. The molecule has 2 aliphatic rings. The van der Waals surface area contributed by atoms with E-state index in [9.17, 15) is 14.4 Å². The number of amides is 4. The van der Waals surface area contributed by atoms with Gasteiger partial charge in [0.2, 0.25) is 5.91 Å². The van der Waals surface area contributed by atoms with E-state index in [2.05, 4.69) is 64.4 Å². The van der Waals surface area contributed by atoms with E-state index in [1.54, 1.807) is 6.92 Å². The van der Waals surface area contributed by atoms with Crippen LogP contribution in [0.25, 0.3) is 16.9 Å². The van der Waals surface area contributed by atoms with Crippen LogP contribution in [0.3, 0.4) is 0 Å². The van der Waals surface area contributed by atoms with Crippen molar-refractivity contribution in [2.75, 3.05) is 11.9 Å². The maximum atomic E-state index is 12.8. The maximum absolute atomic E-state index is 12.8. The van der Waals surface area contributed by atoms with Crippen LogP contribution >= 0.6 is 11.3 Å². The fourth-order valence-electron chi connectivity index (χ4n) is 4.67. The number of nitrogens with one attached hydrogen (secondary N) is 2. The van der Waals surface area contributed by atoms with Gasteiger partial charge in [0.05, 0.1) is 5.69 Å². The summed E-state index contributed by atoms with van der Waals surface area (Å²) in [7, 11) is 0. The van der Waals surface area contributed by atoms with Crippen molar-refractivity contribution in [3.8, 4) is 16.9 Å². The minimum Gasteiger partial charge on any atom is -0.323 e. The van der Waals surface area contributed by atoms with Crippen molar-refractivity contribution < 1.29 is 14.4 Å². The molecule has 1 aliphatic carbocycles. The number of hydrogen-bond acceptors (Lipinski definition) is 5. The number of carbonyl (C=O) groups excluding carboxylic acids is 3. The predicted molar refractivity (Wildman–Crippen MR) is 131 cm³/mol. The van der Waals surface area contributed by atoms with Crippen molar-refractivity contribution >= 4 is 34.3 Å². The van der Waals surface area contributed by atoms with E-state index >= 15 is 0 Å². The first-order chi connectivity index (χ1) is 16.2. The monoisotopic (exact) mass is 477 g/mol. The second-order valence-corrected chi connectivity index (χ2v) is 10.2. The van der Waals surface area contributed by atoms with Gasteiger partial charge in [0.1, 0.15) is 12.1 Å².